The minimum Gasteiger partial charge on any atom is -0.496 e. The highest BCUT2D eigenvalue weighted by Crippen LogP contribution is 2.34. The van der Waals surface area contributed by atoms with Gasteiger partial charge in [0.05, 0.1) is 13.5 Å². The fraction of sp³-hybridized carbons (Fsp3) is 0.394. The van der Waals surface area contributed by atoms with Crippen LogP contribution in [0.2, 0.25) is 5.02 Å². The highest BCUT2D eigenvalue weighted by molar-refractivity contribution is 6.30. The minimum absolute atomic E-state index is 0.0562. The highest BCUT2D eigenvalue weighted by atomic mass is 35.5. The SMILES string of the molecule is COc1ccccc1CC(=O)N1CCCN(Cc2ccc(Cl)cc2)CCCN(C(=O)C2CC2)c2ccccc2C1. The van der Waals surface area contributed by atoms with Crippen molar-refractivity contribution in [2.45, 2.75) is 45.2 Å². The molecule has 1 aliphatic heterocycles. The van der Waals surface area contributed by atoms with Crippen LogP contribution < -0.4 is 9.64 Å². The molecule has 0 atom stereocenters. The predicted molar refractivity (Wildman–Crippen MR) is 160 cm³/mol. The van der Waals surface area contributed by atoms with Gasteiger partial charge >= 0.3 is 0 Å². The van der Waals surface area contributed by atoms with E-state index < -0.39 is 0 Å². The third kappa shape index (κ3) is 7.23. The van der Waals surface area contributed by atoms with Crippen LogP contribution in [-0.2, 0) is 29.1 Å². The maximum Gasteiger partial charge on any atom is 0.230 e. The summed E-state index contributed by atoms with van der Waals surface area (Å²) in [5, 5.41) is 0.731. The van der Waals surface area contributed by atoms with E-state index in [1.807, 2.05) is 64.4 Å². The number of methoxy groups -OCH3 is 1. The number of amides is 2. The summed E-state index contributed by atoms with van der Waals surface area (Å²) in [4.78, 5) is 33.6. The summed E-state index contributed by atoms with van der Waals surface area (Å²) in [7, 11) is 1.64. The van der Waals surface area contributed by atoms with Gasteiger partial charge in [-0.3, -0.25) is 14.5 Å². The van der Waals surface area contributed by atoms with E-state index in [4.69, 9.17) is 16.3 Å². The van der Waals surface area contributed by atoms with Gasteiger partial charge in [-0.1, -0.05) is 60.1 Å². The zero-order valence-electron chi connectivity index (χ0n) is 23.2. The van der Waals surface area contributed by atoms with E-state index in [0.717, 1.165) is 72.9 Å². The van der Waals surface area contributed by atoms with Crippen LogP contribution in [0.25, 0.3) is 0 Å². The zero-order chi connectivity index (χ0) is 27.9. The molecule has 2 amide bonds. The van der Waals surface area contributed by atoms with Crippen molar-refractivity contribution in [3.8, 4) is 5.75 Å². The smallest absolute Gasteiger partial charge is 0.230 e. The summed E-state index contributed by atoms with van der Waals surface area (Å²) < 4.78 is 5.52. The Kier molecular flexibility index (Phi) is 9.40. The van der Waals surface area contributed by atoms with E-state index in [9.17, 15) is 9.59 Å². The summed E-state index contributed by atoms with van der Waals surface area (Å²) in [6.45, 7) is 4.30. The summed E-state index contributed by atoms with van der Waals surface area (Å²) in [5.41, 5.74) is 4.03. The number of benzene rings is 3. The number of para-hydroxylation sites is 2. The average molecular weight is 560 g/mol. The van der Waals surface area contributed by atoms with Crippen LogP contribution in [0, 0.1) is 5.92 Å². The van der Waals surface area contributed by atoms with Gasteiger partial charge in [0.25, 0.3) is 0 Å². The summed E-state index contributed by atoms with van der Waals surface area (Å²) in [5.74, 6) is 1.11. The monoisotopic (exact) mass is 559 g/mol. The van der Waals surface area contributed by atoms with Crippen molar-refractivity contribution in [3.05, 3.63) is 94.5 Å². The molecule has 0 saturated heterocycles. The Morgan fingerprint density at radius 3 is 2.33 bits per heavy atom. The number of rotatable bonds is 6. The number of fused-ring (bicyclic) bond motifs is 1. The summed E-state index contributed by atoms with van der Waals surface area (Å²) >= 11 is 6.12. The number of carbonyl (C=O) groups excluding carboxylic acids is 2. The molecule has 2 aliphatic rings. The molecule has 7 heteroatoms. The first-order valence-corrected chi connectivity index (χ1v) is 14.7. The van der Waals surface area contributed by atoms with Gasteiger partial charge in [0.2, 0.25) is 11.8 Å². The second-order valence-electron chi connectivity index (χ2n) is 10.8. The van der Waals surface area contributed by atoms with E-state index in [0.29, 0.717) is 19.6 Å². The molecule has 0 N–H and O–H groups in total. The predicted octanol–water partition coefficient (Wildman–Crippen LogP) is 5.96. The van der Waals surface area contributed by atoms with Crippen LogP contribution in [0.5, 0.6) is 5.75 Å². The first-order valence-electron chi connectivity index (χ1n) is 14.3. The van der Waals surface area contributed by atoms with Crippen molar-refractivity contribution in [2.75, 3.05) is 38.2 Å². The van der Waals surface area contributed by atoms with Gasteiger partial charge in [0.15, 0.2) is 0 Å². The van der Waals surface area contributed by atoms with Crippen LogP contribution in [0.3, 0.4) is 0 Å². The van der Waals surface area contributed by atoms with E-state index in [1.54, 1.807) is 7.11 Å². The van der Waals surface area contributed by atoms with Gasteiger partial charge in [-0.15, -0.1) is 0 Å². The van der Waals surface area contributed by atoms with Gasteiger partial charge in [-0.05, 0) is 61.1 Å². The molecule has 0 bridgehead atoms. The minimum atomic E-state index is 0.0562. The molecule has 1 heterocycles. The van der Waals surface area contributed by atoms with Crippen LogP contribution in [0.1, 0.15) is 42.4 Å². The van der Waals surface area contributed by atoms with Gasteiger partial charge in [-0.25, -0.2) is 0 Å². The second kappa shape index (κ2) is 13.3. The normalized spacial score (nSPS) is 16.9. The Labute approximate surface area is 242 Å². The first-order chi connectivity index (χ1) is 19.5. The van der Waals surface area contributed by atoms with Crippen molar-refractivity contribution in [1.29, 1.82) is 0 Å². The molecule has 3 aromatic rings. The molecule has 5 rings (SSSR count). The van der Waals surface area contributed by atoms with Gasteiger partial charge in [-0.2, -0.15) is 0 Å². The number of carbonyl (C=O) groups is 2. The number of hydrogen-bond acceptors (Lipinski definition) is 4. The van der Waals surface area contributed by atoms with Crippen molar-refractivity contribution in [3.63, 3.8) is 0 Å². The fourth-order valence-corrected chi connectivity index (χ4v) is 5.61. The number of ether oxygens (including phenoxy) is 1. The van der Waals surface area contributed by atoms with Gasteiger partial charge in [0, 0.05) is 61.5 Å². The average Bonchev–Trinajstić information content (AvgIpc) is 3.81. The Morgan fingerprint density at radius 2 is 1.57 bits per heavy atom. The number of hydrogen-bond donors (Lipinski definition) is 0. The van der Waals surface area contributed by atoms with E-state index in [1.165, 1.54) is 5.56 Å². The van der Waals surface area contributed by atoms with E-state index in [-0.39, 0.29) is 24.2 Å². The lowest BCUT2D eigenvalue weighted by molar-refractivity contribution is -0.131. The molecule has 40 heavy (non-hydrogen) atoms. The lowest BCUT2D eigenvalue weighted by atomic mass is 10.1. The van der Waals surface area contributed by atoms with Crippen LogP contribution in [-0.4, -0.2) is 54.9 Å². The largest absolute Gasteiger partial charge is 0.496 e. The Bertz CT molecular complexity index is 1310. The molecule has 1 saturated carbocycles. The number of halogens is 1. The van der Waals surface area contributed by atoms with Crippen molar-refractivity contribution >= 4 is 29.1 Å². The second-order valence-corrected chi connectivity index (χ2v) is 11.2. The molecule has 210 valence electrons. The maximum absolute atomic E-state index is 13.8. The quantitative estimate of drug-likeness (QED) is 0.374. The topological polar surface area (TPSA) is 53.1 Å². The molecule has 0 unspecified atom stereocenters. The molecule has 1 aliphatic carbocycles. The fourth-order valence-electron chi connectivity index (χ4n) is 5.48. The summed E-state index contributed by atoms with van der Waals surface area (Å²) in [6.07, 6.45) is 3.94. The van der Waals surface area contributed by atoms with Crippen molar-refractivity contribution < 1.29 is 14.3 Å². The maximum atomic E-state index is 13.8. The van der Waals surface area contributed by atoms with Crippen LogP contribution >= 0.6 is 11.6 Å². The van der Waals surface area contributed by atoms with Crippen molar-refractivity contribution in [1.82, 2.24) is 9.80 Å². The first kappa shape index (κ1) is 28.2. The molecular formula is C33H38ClN3O3. The molecule has 0 aromatic heterocycles. The molecule has 1 fully saturated rings. The highest BCUT2D eigenvalue weighted by Gasteiger charge is 2.35. The van der Waals surface area contributed by atoms with Crippen molar-refractivity contribution in [2.24, 2.45) is 5.92 Å². The Hall–Kier alpha value is -3.35. The molecular weight excluding hydrogens is 522 g/mol. The lowest BCUT2D eigenvalue weighted by Gasteiger charge is -2.32. The third-order valence-electron chi connectivity index (χ3n) is 7.80. The third-order valence-corrected chi connectivity index (χ3v) is 8.05. The summed E-state index contributed by atoms with van der Waals surface area (Å²) in [6, 6.07) is 23.8. The Balaban J connectivity index is 1.41. The molecule has 0 radical (unpaired) electrons. The Morgan fingerprint density at radius 1 is 0.875 bits per heavy atom. The van der Waals surface area contributed by atoms with Gasteiger partial charge in [0.1, 0.15) is 5.75 Å². The van der Waals surface area contributed by atoms with Crippen LogP contribution in [0.15, 0.2) is 72.8 Å². The molecule has 6 nitrogen and oxygen atoms in total. The van der Waals surface area contributed by atoms with E-state index in [2.05, 4.69) is 23.1 Å². The number of nitrogens with zero attached hydrogens (tertiary/aromatic N) is 3. The standard InChI is InChI=1S/C33H38ClN3O3/c1-40-31-11-5-3-8-27(31)22-32(38)36-20-6-18-35(23-25-12-16-29(34)17-13-25)19-7-21-37(33(39)26-14-15-26)30-10-4-2-9-28(30)24-36/h2-5,8-13,16-17,26H,6-7,14-15,18-24H2,1H3. The van der Waals surface area contributed by atoms with Gasteiger partial charge < -0.3 is 14.5 Å². The molecule has 0 spiro atoms. The zero-order valence-corrected chi connectivity index (χ0v) is 24.0. The van der Waals surface area contributed by atoms with E-state index >= 15 is 0 Å². The van der Waals surface area contributed by atoms with Crippen LogP contribution in [0.4, 0.5) is 5.69 Å². The molecule has 3 aromatic carbocycles. The lowest BCUT2D eigenvalue weighted by Crippen LogP contribution is -2.39. The number of anilines is 1.